The van der Waals surface area contributed by atoms with Crippen molar-refractivity contribution in [3.63, 3.8) is 0 Å². The van der Waals surface area contributed by atoms with Crippen molar-refractivity contribution in [2.45, 2.75) is 18.7 Å². The Hall–Kier alpha value is -1.61. The Balaban J connectivity index is 2.94. The van der Waals surface area contributed by atoms with E-state index in [9.17, 15) is 13.2 Å². The van der Waals surface area contributed by atoms with Gasteiger partial charge in [-0.3, -0.25) is 9.48 Å². The molecule has 1 amide bonds. The molecule has 0 atom stereocenters. The fraction of sp³-hybridized carbons (Fsp3) is 0.636. The van der Waals surface area contributed by atoms with Crippen molar-refractivity contribution >= 4 is 21.7 Å². The van der Waals surface area contributed by atoms with Crippen LogP contribution in [-0.4, -0.2) is 60.0 Å². The molecule has 20 heavy (non-hydrogen) atoms. The highest BCUT2D eigenvalue weighted by atomic mass is 32.2. The molecule has 1 aromatic heterocycles. The van der Waals surface area contributed by atoms with E-state index in [2.05, 4.69) is 5.10 Å². The molecule has 0 aliphatic rings. The van der Waals surface area contributed by atoms with Gasteiger partial charge in [-0.2, -0.15) is 9.40 Å². The summed E-state index contributed by atoms with van der Waals surface area (Å²) in [6.07, 6.45) is 1.32. The fourth-order valence-corrected chi connectivity index (χ4v) is 3.01. The number of hydrogen-bond acceptors (Lipinski definition) is 5. The molecule has 0 fully saturated rings. The molecule has 1 aromatic rings. The van der Waals surface area contributed by atoms with Crippen molar-refractivity contribution in [2.75, 3.05) is 32.4 Å². The predicted molar refractivity (Wildman–Crippen MR) is 75.4 cm³/mol. The SMILES string of the molecule is CCN(CC)C(=O)CN(C)S(=O)(=O)c1cn(C)nc1N. The Labute approximate surface area is 119 Å². The molecule has 1 heterocycles. The van der Waals surface area contributed by atoms with Crippen LogP contribution >= 0.6 is 0 Å². The number of likely N-dealkylation sites (N-methyl/N-ethyl adjacent to an activating group) is 2. The van der Waals surface area contributed by atoms with Crippen LogP contribution in [0.25, 0.3) is 0 Å². The number of aryl methyl sites for hydroxylation is 1. The highest BCUT2D eigenvalue weighted by Gasteiger charge is 2.28. The second-order valence-electron chi connectivity index (χ2n) is 4.38. The van der Waals surface area contributed by atoms with E-state index < -0.39 is 10.0 Å². The minimum absolute atomic E-state index is 0.0744. The number of carbonyl (C=O) groups excluding carboxylic acids is 1. The van der Waals surface area contributed by atoms with Gasteiger partial charge >= 0.3 is 0 Å². The van der Waals surface area contributed by atoms with Crippen LogP contribution in [0, 0.1) is 0 Å². The summed E-state index contributed by atoms with van der Waals surface area (Å²) < 4.78 is 27.0. The van der Waals surface area contributed by atoms with Crippen LogP contribution < -0.4 is 5.73 Å². The minimum Gasteiger partial charge on any atom is -0.381 e. The highest BCUT2D eigenvalue weighted by Crippen LogP contribution is 2.19. The smallest absolute Gasteiger partial charge is 0.248 e. The zero-order valence-electron chi connectivity index (χ0n) is 12.2. The van der Waals surface area contributed by atoms with Gasteiger partial charge in [-0.25, -0.2) is 8.42 Å². The summed E-state index contributed by atoms with van der Waals surface area (Å²) in [6.45, 7) is 4.54. The zero-order chi connectivity index (χ0) is 15.5. The Kier molecular flexibility index (Phi) is 5.12. The molecule has 8 nitrogen and oxygen atoms in total. The standard InChI is InChI=1S/C11H21N5O3S/c1-5-16(6-2)10(17)8-15(4)20(18,19)9-7-14(3)13-11(9)12/h7H,5-6,8H2,1-4H3,(H2,12,13). The number of nitrogens with two attached hydrogens (primary N) is 1. The molecule has 0 saturated carbocycles. The first-order valence-electron chi connectivity index (χ1n) is 6.27. The quantitative estimate of drug-likeness (QED) is 0.763. The van der Waals surface area contributed by atoms with E-state index in [1.54, 1.807) is 11.9 Å². The molecule has 0 saturated heterocycles. The maximum Gasteiger partial charge on any atom is 0.248 e. The fourth-order valence-electron chi connectivity index (χ4n) is 1.80. The van der Waals surface area contributed by atoms with Crippen molar-refractivity contribution in [1.29, 1.82) is 0 Å². The topological polar surface area (TPSA) is 102 Å². The summed E-state index contributed by atoms with van der Waals surface area (Å²) in [7, 11) is -0.886. The largest absolute Gasteiger partial charge is 0.381 e. The first kappa shape index (κ1) is 16.4. The van der Waals surface area contributed by atoms with Gasteiger partial charge in [0, 0.05) is 33.4 Å². The molecule has 2 N–H and O–H groups in total. The third-order valence-electron chi connectivity index (χ3n) is 2.98. The van der Waals surface area contributed by atoms with Gasteiger partial charge in [0.1, 0.15) is 4.90 Å². The number of hydrogen-bond donors (Lipinski definition) is 1. The van der Waals surface area contributed by atoms with Gasteiger partial charge in [-0.05, 0) is 13.8 Å². The van der Waals surface area contributed by atoms with Gasteiger partial charge in [0.15, 0.2) is 5.82 Å². The number of rotatable bonds is 6. The van der Waals surface area contributed by atoms with Gasteiger partial charge in [-0.15, -0.1) is 0 Å². The molecule has 0 bridgehead atoms. The molecule has 0 unspecified atom stereocenters. The number of anilines is 1. The Morgan fingerprint density at radius 1 is 1.40 bits per heavy atom. The number of sulfonamides is 1. The van der Waals surface area contributed by atoms with Crippen molar-refractivity contribution in [3.05, 3.63) is 6.20 Å². The lowest BCUT2D eigenvalue weighted by atomic mass is 10.4. The first-order valence-corrected chi connectivity index (χ1v) is 7.71. The van der Waals surface area contributed by atoms with Crippen LogP contribution in [0.15, 0.2) is 11.1 Å². The van der Waals surface area contributed by atoms with E-state index in [0.29, 0.717) is 13.1 Å². The van der Waals surface area contributed by atoms with Crippen LogP contribution in [0.1, 0.15) is 13.8 Å². The third-order valence-corrected chi connectivity index (χ3v) is 4.80. The lowest BCUT2D eigenvalue weighted by molar-refractivity contribution is -0.130. The summed E-state index contributed by atoms with van der Waals surface area (Å²) in [5.74, 6) is -0.321. The van der Waals surface area contributed by atoms with Crippen molar-refractivity contribution in [3.8, 4) is 0 Å². The normalized spacial score (nSPS) is 11.8. The number of aromatic nitrogens is 2. The maximum atomic E-state index is 12.3. The van der Waals surface area contributed by atoms with Crippen LogP contribution in [0.2, 0.25) is 0 Å². The van der Waals surface area contributed by atoms with Crippen LogP contribution in [-0.2, 0) is 21.9 Å². The van der Waals surface area contributed by atoms with Gasteiger partial charge in [-0.1, -0.05) is 0 Å². The second-order valence-corrected chi connectivity index (χ2v) is 6.39. The Morgan fingerprint density at radius 3 is 2.35 bits per heavy atom. The lowest BCUT2D eigenvalue weighted by Gasteiger charge is -2.22. The van der Waals surface area contributed by atoms with Crippen LogP contribution in [0.3, 0.4) is 0 Å². The molecule has 0 spiro atoms. The molecule has 0 radical (unpaired) electrons. The number of nitrogens with zero attached hydrogens (tertiary/aromatic N) is 4. The van der Waals surface area contributed by atoms with E-state index in [1.807, 2.05) is 13.8 Å². The molecular weight excluding hydrogens is 282 g/mol. The zero-order valence-corrected chi connectivity index (χ0v) is 13.0. The molecule has 0 aliphatic carbocycles. The monoisotopic (exact) mass is 303 g/mol. The number of nitrogen functional groups attached to an aromatic ring is 1. The average molecular weight is 303 g/mol. The van der Waals surface area contributed by atoms with Crippen LogP contribution in [0.4, 0.5) is 5.82 Å². The van der Waals surface area contributed by atoms with Gasteiger partial charge < -0.3 is 10.6 Å². The Morgan fingerprint density at radius 2 is 1.95 bits per heavy atom. The molecule has 0 aromatic carbocycles. The number of amides is 1. The van der Waals surface area contributed by atoms with E-state index in [-0.39, 0.29) is 23.2 Å². The number of carbonyl (C=O) groups is 1. The van der Waals surface area contributed by atoms with Gasteiger partial charge in [0.05, 0.1) is 6.54 Å². The third kappa shape index (κ3) is 3.28. The molecule has 9 heteroatoms. The van der Waals surface area contributed by atoms with Crippen molar-refractivity contribution in [1.82, 2.24) is 19.0 Å². The summed E-state index contributed by atoms with van der Waals surface area (Å²) in [6, 6.07) is 0. The average Bonchev–Trinajstić information content (AvgIpc) is 2.70. The van der Waals surface area contributed by atoms with Crippen molar-refractivity contribution < 1.29 is 13.2 Å². The van der Waals surface area contributed by atoms with Gasteiger partial charge in [0.25, 0.3) is 0 Å². The highest BCUT2D eigenvalue weighted by molar-refractivity contribution is 7.89. The minimum atomic E-state index is -3.82. The molecular formula is C11H21N5O3S. The van der Waals surface area contributed by atoms with E-state index >= 15 is 0 Å². The van der Waals surface area contributed by atoms with Crippen LogP contribution in [0.5, 0.6) is 0 Å². The summed E-state index contributed by atoms with van der Waals surface area (Å²) in [4.78, 5) is 13.4. The van der Waals surface area contributed by atoms with E-state index in [4.69, 9.17) is 5.73 Å². The lowest BCUT2D eigenvalue weighted by Crippen LogP contribution is -2.41. The molecule has 114 valence electrons. The van der Waals surface area contributed by atoms with E-state index in [0.717, 1.165) is 4.31 Å². The summed E-state index contributed by atoms with van der Waals surface area (Å²) >= 11 is 0. The second kappa shape index (κ2) is 6.23. The molecule has 0 aliphatic heterocycles. The van der Waals surface area contributed by atoms with Crippen molar-refractivity contribution in [2.24, 2.45) is 7.05 Å². The Bertz CT molecular complexity index is 577. The summed E-state index contributed by atoms with van der Waals surface area (Å²) in [5.41, 5.74) is 5.58. The first-order chi connectivity index (χ1) is 9.23. The predicted octanol–water partition coefficient (Wildman–Crippen LogP) is -0.509. The van der Waals surface area contributed by atoms with Gasteiger partial charge in [0.2, 0.25) is 15.9 Å². The maximum absolute atomic E-state index is 12.3. The molecule has 1 rings (SSSR count). The van der Waals surface area contributed by atoms with E-state index in [1.165, 1.54) is 17.9 Å². The summed E-state index contributed by atoms with van der Waals surface area (Å²) in [5, 5.41) is 3.80.